The zero-order valence-corrected chi connectivity index (χ0v) is 9.33. The number of aromatic amines is 1. The number of ether oxygens (including phenoxy) is 1. The van der Waals surface area contributed by atoms with Gasteiger partial charge in [0.1, 0.15) is 0 Å². The standard InChI is InChI=1S/C10H17N3O2/c1-4-8-5-9(13-12-8)11-10(14)15-6-7(2)3/h5,7H,4,6H2,1-3H3,(H2,11,12,13,14). The van der Waals surface area contributed by atoms with Gasteiger partial charge in [-0.25, -0.2) is 4.79 Å². The highest BCUT2D eigenvalue weighted by molar-refractivity contribution is 5.83. The summed E-state index contributed by atoms with van der Waals surface area (Å²) in [7, 11) is 0. The smallest absolute Gasteiger partial charge is 0.412 e. The van der Waals surface area contributed by atoms with Crippen molar-refractivity contribution in [3.8, 4) is 0 Å². The third-order valence-corrected chi connectivity index (χ3v) is 1.79. The summed E-state index contributed by atoms with van der Waals surface area (Å²) in [6, 6.07) is 1.79. The Morgan fingerprint density at radius 2 is 2.40 bits per heavy atom. The summed E-state index contributed by atoms with van der Waals surface area (Å²) in [5.74, 6) is 0.835. The van der Waals surface area contributed by atoms with Gasteiger partial charge in [0.25, 0.3) is 0 Å². The molecule has 0 spiro atoms. The van der Waals surface area contributed by atoms with E-state index in [4.69, 9.17) is 4.74 Å². The maximum atomic E-state index is 11.2. The molecule has 0 aliphatic carbocycles. The summed E-state index contributed by atoms with van der Waals surface area (Å²) >= 11 is 0. The minimum atomic E-state index is -0.460. The number of amides is 1. The fourth-order valence-corrected chi connectivity index (χ4v) is 0.990. The van der Waals surface area contributed by atoms with Crippen molar-refractivity contribution in [1.29, 1.82) is 0 Å². The van der Waals surface area contributed by atoms with E-state index in [1.807, 2.05) is 20.8 Å². The van der Waals surface area contributed by atoms with Crippen LogP contribution in [-0.2, 0) is 11.2 Å². The predicted molar refractivity (Wildman–Crippen MR) is 57.8 cm³/mol. The molecule has 84 valence electrons. The molecule has 1 amide bonds. The molecular weight excluding hydrogens is 194 g/mol. The van der Waals surface area contributed by atoms with E-state index < -0.39 is 6.09 Å². The van der Waals surface area contributed by atoms with Crippen LogP contribution in [0, 0.1) is 5.92 Å². The van der Waals surface area contributed by atoms with Crippen LogP contribution in [0.4, 0.5) is 10.6 Å². The lowest BCUT2D eigenvalue weighted by molar-refractivity contribution is 0.147. The van der Waals surface area contributed by atoms with Gasteiger partial charge >= 0.3 is 6.09 Å². The first-order chi connectivity index (χ1) is 7.11. The summed E-state index contributed by atoms with van der Waals surface area (Å²) in [6.07, 6.45) is 0.397. The van der Waals surface area contributed by atoms with Crippen LogP contribution in [0.25, 0.3) is 0 Å². The van der Waals surface area contributed by atoms with E-state index in [9.17, 15) is 4.79 Å². The number of carbonyl (C=O) groups is 1. The summed E-state index contributed by atoms with van der Waals surface area (Å²) in [5.41, 5.74) is 0.981. The first-order valence-electron chi connectivity index (χ1n) is 5.10. The van der Waals surface area contributed by atoms with Crippen LogP contribution >= 0.6 is 0 Å². The van der Waals surface area contributed by atoms with Crippen molar-refractivity contribution in [2.45, 2.75) is 27.2 Å². The highest BCUT2D eigenvalue weighted by Crippen LogP contribution is 2.06. The van der Waals surface area contributed by atoms with Gasteiger partial charge in [0.2, 0.25) is 0 Å². The van der Waals surface area contributed by atoms with Crippen LogP contribution in [0.15, 0.2) is 6.07 Å². The predicted octanol–water partition coefficient (Wildman–Crippen LogP) is 2.18. The van der Waals surface area contributed by atoms with E-state index in [1.54, 1.807) is 6.07 Å². The quantitative estimate of drug-likeness (QED) is 0.802. The molecule has 5 heteroatoms. The number of hydrogen-bond acceptors (Lipinski definition) is 3. The largest absolute Gasteiger partial charge is 0.449 e. The van der Waals surface area contributed by atoms with E-state index >= 15 is 0 Å². The maximum absolute atomic E-state index is 11.2. The normalized spacial score (nSPS) is 10.4. The fraction of sp³-hybridized carbons (Fsp3) is 0.600. The van der Waals surface area contributed by atoms with Crippen molar-refractivity contribution in [3.63, 3.8) is 0 Å². The average Bonchev–Trinajstić information content (AvgIpc) is 2.62. The van der Waals surface area contributed by atoms with E-state index in [-0.39, 0.29) is 0 Å². The van der Waals surface area contributed by atoms with Gasteiger partial charge in [0.05, 0.1) is 6.61 Å². The van der Waals surface area contributed by atoms with Gasteiger partial charge in [0, 0.05) is 11.8 Å². The molecule has 0 radical (unpaired) electrons. The molecule has 15 heavy (non-hydrogen) atoms. The zero-order valence-electron chi connectivity index (χ0n) is 9.33. The number of aromatic nitrogens is 2. The van der Waals surface area contributed by atoms with Crippen LogP contribution < -0.4 is 5.32 Å². The third kappa shape index (κ3) is 4.01. The Morgan fingerprint density at radius 1 is 1.67 bits per heavy atom. The lowest BCUT2D eigenvalue weighted by Gasteiger charge is -2.06. The zero-order chi connectivity index (χ0) is 11.3. The molecule has 0 aromatic carbocycles. The highest BCUT2D eigenvalue weighted by atomic mass is 16.5. The number of hydrogen-bond donors (Lipinski definition) is 2. The van der Waals surface area contributed by atoms with Gasteiger partial charge < -0.3 is 4.74 Å². The van der Waals surface area contributed by atoms with Gasteiger partial charge in [-0.15, -0.1) is 0 Å². The molecule has 0 fully saturated rings. The van der Waals surface area contributed by atoms with Gasteiger partial charge in [0.15, 0.2) is 5.82 Å². The van der Waals surface area contributed by atoms with Crippen molar-refractivity contribution >= 4 is 11.9 Å². The van der Waals surface area contributed by atoms with E-state index in [2.05, 4.69) is 15.5 Å². The minimum absolute atomic E-state index is 0.334. The van der Waals surface area contributed by atoms with Crippen LogP contribution in [-0.4, -0.2) is 22.9 Å². The summed E-state index contributed by atoms with van der Waals surface area (Å²) in [6.45, 7) is 6.39. The molecular formula is C10H17N3O2. The lowest BCUT2D eigenvalue weighted by Crippen LogP contribution is -2.16. The molecule has 2 N–H and O–H groups in total. The number of anilines is 1. The number of nitrogens with zero attached hydrogens (tertiary/aromatic N) is 1. The third-order valence-electron chi connectivity index (χ3n) is 1.79. The van der Waals surface area contributed by atoms with Crippen LogP contribution in [0.5, 0.6) is 0 Å². The first kappa shape index (κ1) is 11.6. The van der Waals surface area contributed by atoms with Crippen molar-refractivity contribution in [3.05, 3.63) is 11.8 Å². The van der Waals surface area contributed by atoms with Crippen molar-refractivity contribution in [2.75, 3.05) is 11.9 Å². The molecule has 5 nitrogen and oxygen atoms in total. The lowest BCUT2D eigenvalue weighted by atomic mass is 10.2. The molecule has 0 saturated carbocycles. The van der Waals surface area contributed by atoms with Gasteiger partial charge in [-0.1, -0.05) is 20.8 Å². The monoisotopic (exact) mass is 211 g/mol. The van der Waals surface area contributed by atoms with E-state index in [0.29, 0.717) is 18.3 Å². The molecule has 1 rings (SSSR count). The van der Waals surface area contributed by atoms with Crippen LogP contribution in [0.3, 0.4) is 0 Å². The first-order valence-corrected chi connectivity index (χ1v) is 5.10. The van der Waals surface area contributed by atoms with Gasteiger partial charge in [-0.3, -0.25) is 10.4 Å². The van der Waals surface area contributed by atoms with E-state index in [1.165, 1.54) is 0 Å². The Hall–Kier alpha value is -1.52. The van der Waals surface area contributed by atoms with E-state index in [0.717, 1.165) is 12.1 Å². The molecule has 0 unspecified atom stereocenters. The molecule has 1 heterocycles. The number of carbonyl (C=O) groups excluding carboxylic acids is 1. The highest BCUT2D eigenvalue weighted by Gasteiger charge is 2.06. The molecule has 0 saturated heterocycles. The Bertz CT molecular complexity index is 320. The summed E-state index contributed by atoms with van der Waals surface area (Å²) < 4.78 is 4.95. The van der Waals surface area contributed by atoms with Crippen molar-refractivity contribution in [2.24, 2.45) is 5.92 Å². The summed E-state index contributed by atoms with van der Waals surface area (Å²) in [5, 5.41) is 9.27. The van der Waals surface area contributed by atoms with Crippen LogP contribution in [0.2, 0.25) is 0 Å². The van der Waals surface area contributed by atoms with Crippen LogP contribution in [0.1, 0.15) is 26.5 Å². The SMILES string of the molecule is CCc1cc(NC(=O)OCC(C)C)n[nH]1. The molecule has 0 aliphatic heterocycles. The minimum Gasteiger partial charge on any atom is -0.449 e. The summed E-state index contributed by atoms with van der Waals surface area (Å²) in [4.78, 5) is 11.2. The van der Waals surface area contributed by atoms with Gasteiger partial charge in [-0.05, 0) is 12.3 Å². The Kier molecular flexibility index (Phi) is 4.15. The average molecular weight is 211 g/mol. The molecule has 0 bridgehead atoms. The Morgan fingerprint density at radius 3 is 2.93 bits per heavy atom. The second kappa shape index (κ2) is 5.38. The fourth-order valence-electron chi connectivity index (χ4n) is 0.990. The van der Waals surface area contributed by atoms with Crippen molar-refractivity contribution < 1.29 is 9.53 Å². The molecule has 1 aromatic rings. The second-order valence-corrected chi connectivity index (χ2v) is 3.75. The second-order valence-electron chi connectivity index (χ2n) is 3.75. The Labute approximate surface area is 89.2 Å². The number of H-pyrrole nitrogens is 1. The van der Waals surface area contributed by atoms with Crippen molar-refractivity contribution in [1.82, 2.24) is 10.2 Å². The number of nitrogens with one attached hydrogen (secondary N) is 2. The number of rotatable bonds is 4. The molecule has 0 atom stereocenters. The molecule has 1 aromatic heterocycles. The molecule has 0 aliphatic rings. The number of aryl methyl sites for hydroxylation is 1. The maximum Gasteiger partial charge on any atom is 0.412 e. The topological polar surface area (TPSA) is 67.0 Å². The van der Waals surface area contributed by atoms with Gasteiger partial charge in [-0.2, -0.15) is 5.10 Å². The Balaban J connectivity index is 2.37.